The van der Waals surface area contributed by atoms with E-state index in [2.05, 4.69) is 10.3 Å². The van der Waals surface area contributed by atoms with Crippen molar-refractivity contribution in [1.29, 1.82) is 0 Å². The van der Waals surface area contributed by atoms with Crippen LogP contribution in [-0.2, 0) is 9.84 Å². The summed E-state index contributed by atoms with van der Waals surface area (Å²) in [4.78, 5) is 16.9. The smallest absolute Gasteiger partial charge is 0.276 e. The van der Waals surface area contributed by atoms with E-state index in [4.69, 9.17) is 9.47 Å². The van der Waals surface area contributed by atoms with E-state index in [1.165, 1.54) is 4.40 Å². The van der Waals surface area contributed by atoms with Gasteiger partial charge in [-0.2, -0.15) is 0 Å². The molecule has 2 heterocycles. The molecule has 9 heteroatoms. The molecular formula is C22H19N3O5S. The number of fused-ring (bicyclic) bond motifs is 1. The third-order valence-corrected chi connectivity index (χ3v) is 5.42. The maximum atomic E-state index is 12.8. The van der Waals surface area contributed by atoms with Gasteiger partial charge in [0.2, 0.25) is 15.0 Å². The fraction of sp³-hybridized carbons (Fsp3) is 0.0909. The van der Waals surface area contributed by atoms with Gasteiger partial charge in [-0.1, -0.05) is 18.2 Å². The van der Waals surface area contributed by atoms with Crippen LogP contribution in [0.5, 0.6) is 17.2 Å². The topological polar surface area (TPSA) is 99.0 Å². The Kier molecular flexibility index (Phi) is 5.35. The van der Waals surface area contributed by atoms with Gasteiger partial charge in [0.15, 0.2) is 17.2 Å². The van der Waals surface area contributed by atoms with Gasteiger partial charge in [0.1, 0.15) is 5.75 Å². The first-order valence-electron chi connectivity index (χ1n) is 9.26. The summed E-state index contributed by atoms with van der Waals surface area (Å²) < 4.78 is 36.5. The number of imidazole rings is 1. The third kappa shape index (κ3) is 4.22. The lowest BCUT2D eigenvalue weighted by Gasteiger charge is -2.10. The number of rotatable bonds is 6. The fourth-order valence-corrected chi connectivity index (χ4v) is 3.84. The van der Waals surface area contributed by atoms with Crippen LogP contribution in [0.15, 0.2) is 78.1 Å². The van der Waals surface area contributed by atoms with Crippen LogP contribution in [0.1, 0.15) is 10.5 Å². The van der Waals surface area contributed by atoms with Crippen molar-refractivity contribution in [3.63, 3.8) is 0 Å². The number of nitrogens with zero attached hydrogens (tertiary/aromatic N) is 2. The highest BCUT2D eigenvalue weighted by molar-refractivity contribution is 7.90. The zero-order valence-corrected chi connectivity index (χ0v) is 17.6. The van der Waals surface area contributed by atoms with Gasteiger partial charge in [-0.15, -0.1) is 0 Å². The number of anilines is 1. The van der Waals surface area contributed by atoms with Crippen LogP contribution < -0.4 is 14.8 Å². The minimum absolute atomic E-state index is 0.0235. The highest BCUT2D eigenvalue weighted by Crippen LogP contribution is 2.31. The number of nitrogens with one attached hydrogen (secondary N) is 1. The number of methoxy groups -OCH3 is 1. The Morgan fingerprint density at radius 2 is 1.65 bits per heavy atom. The molecule has 0 spiro atoms. The van der Waals surface area contributed by atoms with Crippen LogP contribution in [0.25, 0.3) is 5.52 Å². The second kappa shape index (κ2) is 8.11. The number of carbonyl (C=O) groups excluding carboxylic acids is 1. The fourth-order valence-electron chi connectivity index (χ4n) is 3.07. The first kappa shape index (κ1) is 20.4. The molecule has 0 aliphatic heterocycles. The Balaban J connectivity index is 1.56. The number of benzene rings is 2. The second-order valence-corrected chi connectivity index (χ2v) is 8.61. The van der Waals surface area contributed by atoms with Crippen molar-refractivity contribution >= 4 is 26.9 Å². The highest BCUT2D eigenvalue weighted by Gasteiger charge is 2.22. The molecular weight excluding hydrogens is 418 g/mol. The number of para-hydroxylation sites is 2. The number of carbonyl (C=O) groups is 1. The van der Waals surface area contributed by atoms with Gasteiger partial charge in [-0.05, 0) is 48.5 Å². The molecule has 1 amide bonds. The van der Waals surface area contributed by atoms with Crippen LogP contribution in [0.3, 0.4) is 0 Å². The van der Waals surface area contributed by atoms with Crippen molar-refractivity contribution in [1.82, 2.24) is 9.38 Å². The first-order chi connectivity index (χ1) is 14.9. The van der Waals surface area contributed by atoms with Crippen LogP contribution in [-0.4, -0.2) is 37.1 Å². The third-order valence-electron chi connectivity index (χ3n) is 4.47. The van der Waals surface area contributed by atoms with E-state index in [-0.39, 0.29) is 10.9 Å². The number of sulfone groups is 1. The molecule has 8 nitrogen and oxygen atoms in total. The molecule has 0 unspecified atom stereocenters. The van der Waals surface area contributed by atoms with Crippen LogP contribution in [0, 0.1) is 0 Å². The number of aromatic nitrogens is 2. The average Bonchev–Trinajstić information content (AvgIpc) is 3.16. The summed E-state index contributed by atoms with van der Waals surface area (Å²) in [5.74, 6) is 1.22. The van der Waals surface area contributed by atoms with Gasteiger partial charge in [-0.3, -0.25) is 9.20 Å². The Hall–Kier alpha value is -3.85. The summed E-state index contributed by atoms with van der Waals surface area (Å²) in [6.07, 6.45) is 2.61. The number of ether oxygens (including phenoxy) is 2. The molecule has 0 aliphatic rings. The molecule has 158 valence electrons. The number of hydrogen-bond acceptors (Lipinski definition) is 6. The van der Waals surface area contributed by atoms with E-state index in [9.17, 15) is 13.2 Å². The van der Waals surface area contributed by atoms with Gasteiger partial charge in [-0.25, -0.2) is 13.4 Å². The molecule has 31 heavy (non-hydrogen) atoms. The number of amides is 1. The summed E-state index contributed by atoms with van der Waals surface area (Å²) >= 11 is 0. The summed E-state index contributed by atoms with van der Waals surface area (Å²) in [7, 11) is -2.05. The maximum absolute atomic E-state index is 12.8. The number of pyridine rings is 1. The Morgan fingerprint density at radius 3 is 2.32 bits per heavy atom. The molecule has 2 aromatic carbocycles. The quantitative estimate of drug-likeness (QED) is 0.493. The molecule has 1 N–H and O–H groups in total. The normalized spacial score (nSPS) is 11.3. The van der Waals surface area contributed by atoms with Crippen LogP contribution in [0.4, 0.5) is 5.69 Å². The maximum Gasteiger partial charge on any atom is 0.276 e. The van der Waals surface area contributed by atoms with Gasteiger partial charge in [0.25, 0.3) is 5.91 Å². The molecule has 0 bridgehead atoms. The zero-order valence-electron chi connectivity index (χ0n) is 16.8. The molecule has 4 rings (SSSR count). The van der Waals surface area contributed by atoms with E-state index in [0.29, 0.717) is 28.5 Å². The lowest BCUT2D eigenvalue weighted by Crippen LogP contribution is -2.13. The minimum atomic E-state index is -3.61. The number of hydrogen-bond donors (Lipinski definition) is 1. The van der Waals surface area contributed by atoms with Gasteiger partial charge in [0.05, 0.1) is 12.6 Å². The predicted molar refractivity (Wildman–Crippen MR) is 116 cm³/mol. The molecule has 0 radical (unpaired) electrons. The Labute approximate surface area is 179 Å². The van der Waals surface area contributed by atoms with Crippen LogP contribution >= 0.6 is 0 Å². The zero-order chi connectivity index (χ0) is 22.0. The average molecular weight is 437 g/mol. The van der Waals surface area contributed by atoms with E-state index >= 15 is 0 Å². The summed E-state index contributed by atoms with van der Waals surface area (Å²) in [5, 5.41) is 2.55. The molecule has 0 fully saturated rings. The largest absolute Gasteiger partial charge is 0.493 e. The highest BCUT2D eigenvalue weighted by atomic mass is 32.2. The molecule has 0 aliphatic carbocycles. The lowest BCUT2D eigenvalue weighted by atomic mass is 10.2. The lowest BCUT2D eigenvalue weighted by molar-refractivity contribution is 0.102. The summed E-state index contributed by atoms with van der Waals surface area (Å²) in [6, 6.07) is 19.1. The van der Waals surface area contributed by atoms with Gasteiger partial charge < -0.3 is 14.8 Å². The SMILES string of the molecule is COc1ccccc1Oc1ccc(NC(=O)c2nc(S(C)(=O)=O)n3ccccc23)cc1. The van der Waals surface area contributed by atoms with Gasteiger partial charge in [0, 0.05) is 18.1 Å². The van der Waals surface area contributed by atoms with Crippen molar-refractivity contribution < 1.29 is 22.7 Å². The van der Waals surface area contributed by atoms with Gasteiger partial charge >= 0.3 is 0 Å². The minimum Gasteiger partial charge on any atom is -0.493 e. The van der Waals surface area contributed by atoms with E-state index < -0.39 is 15.7 Å². The molecule has 0 atom stereocenters. The van der Waals surface area contributed by atoms with Crippen molar-refractivity contribution in [2.24, 2.45) is 0 Å². The Bertz CT molecular complexity index is 1360. The molecule has 0 saturated heterocycles. The van der Waals surface area contributed by atoms with Crippen molar-refractivity contribution in [2.75, 3.05) is 18.7 Å². The standard InChI is InChI=1S/C22H19N3O5S/c1-29-18-8-3-4-9-19(18)30-16-12-10-15(11-13-16)23-21(26)20-17-7-5-6-14-25(17)22(24-20)31(2,27)28/h3-14H,1-2H3,(H,23,26). The van der Waals surface area contributed by atoms with Crippen molar-refractivity contribution in [2.45, 2.75) is 5.16 Å². The van der Waals surface area contributed by atoms with E-state index in [1.807, 2.05) is 12.1 Å². The summed E-state index contributed by atoms with van der Waals surface area (Å²) in [6.45, 7) is 0. The first-order valence-corrected chi connectivity index (χ1v) is 11.2. The second-order valence-electron chi connectivity index (χ2n) is 6.70. The van der Waals surface area contributed by atoms with Crippen molar-refractivity contribution in [3.8, 4) is 17.2 Å². The predicted octanol–water partition coefficient (Wildman–Crippen LogP) is 3.79. The van der Waals surface area contributed by atoms with Crippen molar-refractivity contribution in [3.05, 3.63) is 78.6 Å². The molecule has 0 saturated carbocycles. The monoisotopic (exact) mass is 437 g/mol. The summed E-state index contributed by atoms with van der Waals surface area (Å²) in [5.41, 5.74) is 0.933. The van der Waals surface area contributed by atoms with E-state index in [1.54, 1.807) is 67.9 Å². The molecule has 2 aromatic heterocycles. The molecule has 4 aromatic rings. The van der Waals surface area contributed by atoms with Crippen LogP contribution in [0.2, 0.25) is 0 Å². The van der Waals surface area contributed by atoms with E-state index in [0.717, 1.165) is 6.26 Å². The Morgan fingerprint density at radius 1 is 0.968 bits per heavy atom.